The molecule has 0 radical (unpaired) electrons. The van der Waals surface area contributed by atoms with Gasteiger partial charge in [0.15, 0.2) is 0 Å². The molecule has 2 N–H and O–H groups in total. The van der Waals surface area contributed by atoms with Gasteiger partial charge in [0, 0.05) is 18.0 Å². The third kappa shape index (κ3) is 4.76. The summed E-state index contributed by atoms with van der Waals surface area (Å²) >= 11 is 0. The molecule has 1 aliphatic carbocycles. The molecule has 2 aliphatic rings. The Labute approximate surface area is 170 Å². The van der Waals surface area contributed by atoms with Gasteiger partial charge in [0.1, 0.15) is 17.5 Å². The number of nitrogens with zero attached hydrogens (tertiary/aromatic N) is 3. The van der Waals surface area contributed by atoms with Crippen molar-refractivity contribution in [2.24, 2.45) is 5.92 Å². The van der Waals surface area contributed by atoms with Gasteiger partial charge in [0.05, 0.1) is 32.1 Å². The van der Waals surface area contributed by atoms with E-state index in [-0.39, 0.29) is 36.7 Å². The summed E-state index contributed by atoms with van der Waals surface area (Å²) < 4.78 is 13.3. The number of para-hydroxylation sites is 1. The number of methoxy groups -OCH3 is 1. The highest BCUT2D eigenvalue weighted by Crippen LogP contribution is 2.30. The van der Waals surface area contributed by atoms with Crippen LogP contribution in [0.25, 0.3) is 11.3 Å². The summed E-state index contributed by atoms with van der Waals surface area (Å²) in [6.45, 7) is 0.581. The number of aliphatic hydroxyl groups excluding tert-OH is 1. The smallest absolute Gasteiger partial charge is 0.223 e. The quantitative estimate of drug-likeness (QED) is 0.701. The predicted molar refractivity (Wildman–Crippen MR) is 106 cm³/mol. The van der Waals surface area contributed by atoms with Crippen molar-refractivity contribution in [2.75, 3.05) is 13.7 Å². The van der Waals surface area contributed by atoms with Crippen molar-refractivity contribution in [1.29, 1.82) is 0 Å². The van der Waals surface area contributed by atoms with Crippen molar-refractivity contribution in [2.45, 2.75) is 56.9 Å². The van der Waals surface area contributed by atoms with Crippen molar-refractivity contribution in [3.63, 3.8) is 0 Å². The number of amides is 1. The molecule has 2 heterocycles. The van der Waals surface area contributed by atoms with E-state index >= 15 is 0 Å². The van der Waals surface area contributed by atoms with Crippen LogP contribution in [0.1, 0.15) is 32.1 Å². The number of aromatic nitrogens is 3. The fraction of sp³-hybridized carbons (Fsp3) is 0.571. The van der Waals surface area contributed by atoms with Crippen LogP contribution >= 0.6 is 0 Å². The summed E-state index contributed by atoms with van der Waals surface area (Å²) in [4.78, 5) is 12.0. The molecule has 0 unspecified atom stereocenters. The number of hydrogen-bond donors (Lipinski definition) is 2. The topological polar surface area (TPSA) is 98.5 Å². The molecule has 3 atom stereocenters. The first kappa shape index (κ1) is 19.8. The summed E-state index contributed by atoms with van der Waals surface area (Å²) in [5.41, 5.74) is 1.67. The van der Waals surface area contributed by atoms with Crippen molar-refractivity contribution >= 4 is 5.91 Å². The molecule has 0 bridgehead atoms. The maximum atomic E-state index is 12.0. The van der Waals surface area contributed by atoms with E-state index in [1.807, 2.05) is 30.5 Å². The highest BCUT2D eigenvalue weighted by atomic mass is 16.5. The zero-order valence-electron chi connectivity index (χ0n) is 16.7. The third-order valence-electron chi connectivity index (χ3n) is 5.67. The Kier molecular flexibility index (Phi) is 6.10. The number of benzene rings is 1. The van der Waals surface area contributed by atoms with Crippen LogP contribution in [-0.4, -0.2) is 58.0 Å². The van der Waals surface area contributed by atoms with Crippen LogP contribution in [0, 0.1) is 5.92 Å². The lowest BCUT2D eigenvalue weighted by atomic mass is 9.97. The molecule has 1 aromatic heterocycles. The normalized spacial score (nSPS) is 24.3. The van der Waals surface area contributed by atoms with Gasteiger partial charge in [-0.25, -0.2) is 0 Å². The summed E-state index contributed by atoms with van der Waals surface area (Å²) in [6.07, 6.45) is 5.97. The maximum Gasteiger partial charge on any atom is 0.223 e. The molecule has 8 nitrogen and oxygen atoms in total. The van der Waals surface area contributed by atoms with Crippen LogP contribution in [0.4, 0.5) is 0 Å². The number of carbonyl (C=O) groups is 1. The van der Waals surface area contributed by atoms with E-state index in [1.165, 1.54) is 0 Å². The van der Waals surface area contributed by atoms with E-state index < -0.39 is 0 Å². The summed E-state index contributed by atoms with van der Waals surface area (Å²) in [5.74, 6) is 1.03. The van der Waals surface area contributed by atoms with Crippen molar-refractivity contribution in [3.8, 4) is 17.0 Å². The predicted octanol–water partition coefficient (Wildman–Crippen LogP) is 1.78. The van der Waals surface area contributed by atoms with Gasteiger partial charge in [-0.15, -0.1) is 5.10 Å². The second-order valence-electron chi connectivity index (χ2n) is 7.80. The number of aryl methyl sites for hydroxylation is 1. The van der Waals surface area contributed by atoms with Gasteiger partial charge >= 0.3 is 0 Å². The van der Waals surface area contributed by atoms with Gasteiger partial charge in [-0.1, -0.05) is 17.3 Å². The van der Waals surface area contributed by atoms with E-state index in [4.69, 9.17) is 9.47 Å². The molecule has 156 valence electrons. The first-order valence-corrected chi connectivity index (χ1v) is 10.3. The summed E-state index contributed by atoms with van der Waals surface area (Å²) in [7, 11) is 1.64. The second-order valence-corrected chi connectivity index (χ2v) is 7.80. The van der Waals surface area contributed by atoms with Gasteiger partial charge in [-0.05, 0) is 44.2 Å². The van der Waals surface area contributed by atoms with E-state index in [0.29, 0.717) is 6.54 Å². The summed E-state index contributed by atoms with van der Waals surface area (Å²) in [5, 5.41) is 21.2. The van der Waals surface area contributed by atoms with Gasteiger partial charge < -0.3 is 19.9 Å². The largest absolute Gasteiger partial charge is 0.496 e. The van der Waals surface area contributed by atoms with Gasteiger partial charge in [0.2, 0.25) is 5.91 Å². The average molecular weight is 400 g/mol. The molecule has 0 spiro atoms. The number of hydrogen-bond acceptors (Lipinski definition) is 6. The van der Waals surface area contributed by atoms with E-state index in [1.54, 1.807) is 11.8 Å². The Morgan fingerprint density at radius 1 is 1.31 bits per heavy atom. The Hall–Kier alpha value is -2.45. The molecular weight excluding hydrogens is 372 g/mol. The average Bonchev–Trinajstić information content (AvgIpc) is 3.51. The van der Waals surface area contributed by atoms with Crippen LogP contribution in [0.15, 0.2) is 30.5 Å². The van der Waals surface area contributed by atoms with E-state index in [9.17, 15) is 9.90 Å². The minimum absolute atomic E-state index is 0.0279. The number of carbonyl (C=O) groups excluding carboxylic acids is 1. The van der Waals surface area contributed by atoms with Crippen molar-refractivity contribution < 1.29 is 19.4 Å². The minimum atomic E-state index is -0.351. The minimum Gasteiger partial charge on any atom is -0.496 e. The SMILES string of the molecule is COc1ccccc1-c1cn(CC[C@H]2CC[C@@H](NC(=O)C3CC3)[C@H](CO)O2)nn1. The third-order valence-corrected chi connectivity index (χ3v) is 5.67. The lowest BCUT2D eigenvalue weighted by Crippen LogP contribution is -2.51. The first-order valence-electron chi connectivity index (χ1n) is 10.3. The van der Waals surface area contributed by atoms with Gasteiger partial charge in [-0.3, -0.25) is 9.48 Å². The lowest BCUT2D eigenvalue weighted by Gasteiger charge is -2.36. The highest BCUT2D eigenvalue weighted by Gasteiger charge is 2.36. The molecule has 4 rings (SSSR count). The van der Waals surface area contributed by atoms with Crippen molar-refractivity contribution in [3.05, 3.63) is 30.5 Å². The first-order chi connectivity index (χ1) is 14.2. The molecule has 8 heteroatoms. The maximum absolute atomic E-state index is 12.0. The Morgan fingerprint density at radius 2 is 2.14 bits per heavy atom. The molecule has 2 fully saturated rings. The fourth-order valence-electron chi connectivity index (χ4n) is 3.82. The molecule has 1 aromatic carbocycles. The monoisotopic (exact) mass is 400 g/mol. The standard InChI is InChI=1S/C21H28N4O4/c1-28-19-5-3-2-4-16(19)18-12-25(24-23-18)11-10-15-8-9-17(20(13-26)29-15)22-21(27)14-6-7-14/h2-5,12,14-15,17,20,26H,6-11,13H2,1H3,(H,22,27)/t15-,17-,20+/m1/s1. The van der Waals surface area contributed by atoms with Crippen LogP contribution in [0.2, 0.25) is 0 Å². The zero-order chi connectivity index (χ0) is 20.2. The van der Waals surface area contributed by atoms with E-state index in [2.05, 4.69) is 15.6 Å². The fourth-order valence-corrected chi connectivity index (χ4v) is 3.82. The number of nitrogens with one attached hydrogen (secondary N) is 1. The van der Waals surface area contributed by atoms with Crippen LogP contribution in [0.5, 0.6) is 5.75 Å². The highest BCUT2D eigenvalue weighted by molar-refractivity contribution is 5.81. The lowest BCUT2D eigenvalue weighted by molar-refractivity contribution is -0.129. The van der Waals surface area contributed by atoms with Gasteiger partial charge in [-0.2, -0.15) is 0 Å². The molecular formula is C21H28N4O4. The Morgan fingerprint density at radius 3 is 2.90 bits per heavy atom. The Bertz CT molecular complexity index is 836. The molecule has 2 aromatic rings. The molecule has 1 saturated carbocycles. The van der Waals surface area contributed by atoms with Crippen LogP contribution < -0.4 is 10.1 Å². The Balaban J connectivity index is 1.30. The van der Waals surface area contributed by atoms with Crippen LogP contribution in [0.3, 0.4) is 0 Å². The second kappa shape index (κ2) is 8.92. The van der Waals surface area contributed by atoms with Crippen LogP contribution in [-0.2, 0) is 16.1 Å². The molecule has 1 amide bonds. The van der Waals surface area contributed by atoms with E-state index in [0.717, 1.165) is 49.1 Å². The zero-order valence-corrected chi connectivity index (χ0v) is 16.7. The molecule has 29 heavy (non-hydrogen) atoms. The van der Waals surface area contributed by atoms with Gasteiger partial charge in [0.25, 0.3) is 0 Å². The van der Waals surface area contributed by atoms with Crippen molar-refractivity contribution in [1.82, 2.24) is 20.3 Å². The summed E-state index contributed by atoms with van der Waals surface area (Å²) in [6, 6.07) is 7.62. The number of ether oxygens (including phenoxy) is 2. The molecule has 1 saturated heterocycles. The number of rotatable bonds is 8. The number of aliphatic hydroxyl groups is 1. The molecule has 1 aliphatic heterocycles.